The van der Waals surface area contributed by atoms with Gasteiger partial charge >= 0.3 is 0 Å². The summed E-state index contributed by atoms with van der Waals surface area (Å²) in [6, 6.07) is 16.4. The van der Waals surface area contributed by atoms with E-state index in [9.17, 15) is 4.79 Å². The van der Waals surface area contributed by atoms with Gasteiger partial charge in [0.1, 0.15) is 0 Å². The van der Waals surface area contributed by atoms with Gasteiger partial charge in [-0.15, -0.1) is 36.2 Å². The van der Waals surface area contributed by atoms with Crippen LogP contribution in [0, 0.1) is 0 Å². The predicted molar refractivity (Wildman–Crippen MR) is 124 cm³/mol. The standard InChI is InChI=1S/C22H23N3OS.2ClH/c23-17-9-10-19-16(12-17)7-4-8-20(19)25-21(26)13-18-14-27-22(24-18)11-15-5-2-1-3-6-15;;/h1-3,5-6,9-10,12,14,20H,4,7-8,11,13,23H2,(H,25,26);2*1H. The second kappa shape index (κ2) is 10.6. The quantitative estimate of drug-likeness (QED) is 0.544. The number of thiazole rings is 1. The fourth-order valence-electron chi connectivity index (χ4n) is 3.68. The molecule has 0 bridgehead atoms. The lowest BCUT2D eigenvalue weighted by Gasteiger charge is -2.26. The number of halogens is 2. The van der Waals surface area contributed by atoms with E-state index in [0.717, 1.165) is 42.1 Å². The molecular weight excluding hydrogens is 425 g/mol. The van der Waals surface area contributed by atoms with Crippen molar-refractivity contribution in [1.82, 2.24) is 10.3 Å². The number of carbonyl (C=O) groups is 1. The molecule has 1 atom stereocenters. The first-order chi connectivity index (χ1) is 13.2. The molecule has 1 heterocycles. The smallest absolute Gasteiger partial charge is 0.226 e. The minimum Gasteiger partial charge on any atom is -0.399 e. The van der Waals surface area contributed by atoms with Gasteiger partial charge in [0.25, 0.3) is 0 Å². The second-order valence-electron chi connectivity index (χ2n) is 7.04. The van der Waals surface area contributed by atoms with E-state index in [1.807, 2.05) is 35.7 Å². The Morgan fingerprint density at radius 3 is 2.76 bits per heavy atom. The van der Waals surface area contributed by atoms with Crippen LogP contribution in [-0.2, 0) is 24.1 Å². The van der Waals surface area contributed by atoms with E-state index in [2.05, 4.69) is 28.5 Å². The highest BCUT2D eigenvalue weighted by atomic mass is 35.5. The fraction of sp³-hybridized carbons (Fsp3) is 0.273. The van der Waals surface area contributed by atoms with Crippen LogP contribution in [0.15, 0.2) is 53.9 Å². The normalized spacial score (nSPS) is 14.8. The number of fused-ring (bicyclic) bond motifs is 1. The van der Waals surface area contributed by atoms with E-state index in [0.29, 0.717) is 6.42 Å². The SMILES string of the molecule is Cl.Cl.Nc1ccc2c(c1)CCCC2NC(=O)Cc1csc(Cc2ccccc2)n1. The van der Waals surface area contributed by atoms with Gasteiger partial charge < -0.3 is 11.1 Å². The van der Waals surface area contributed by atoms with Crippen LogP contribution >= 0.6 is 36.2 Å². The third kappa shape index (κ3) is 5.95. The van der Waals surface area contributed by atoms with E-state index in [-0.39, 0.29) is 36.8 Å². The minimum absolute atomic E-state index is 0. The molecule has 1 aliphatic carbocycles. The van der Waals surface area contributed by atoms with Gasteiger partial charge in [0.15, 0.2) is 0 Å². The highest BCUT2D eigenvalue weighted by Gasteiger charge is 2.22. The van der Waals surface area contributed by atoms with Crippen LogP contribution in [0.2, 0.25) is 0 Å². The predicted octanol–water partition coefficient (Wildman–Crippen LogP) is 4.90. The van der Waals surface area contributed by atoms with E-state index in [1.54, 1.807) is 11.3 Å². The summed E-state index contributed by atoms with van der Waals surface area (Å²) in [5, 5.41) is 6.22. The maximum Gasteiger partial charge on any atom is 0.226 e. The minimum atomic E-state index is 0. The summed E-state index contributed by atoms with van der Waals surface area (Å²) < 4.78 is 0. The lowest BCUT2D eigenvalue weighted by atomic mass is 9.87. The molecule has 3 N–H and O–H groups in total. The molecule has 0 saturated heterocycles. The first kappa shape index (κ1) is 23.2. The molecule has 0 fully saturated rings. The van der Waals surface area contributed by atoms with Crippen molar-refractivity contribution in [1.29, 1.82) is 0 Å². The van der Waals surface area contributed by atoms with Crippen molar-refractivity contribution in [2.75, 3.05) is 5.73 Å². The molecule has 0 saturated carbocycles. The van der Waals surface area contributed by atoms with E-state index in [1.165, 1.54) is 16.7 Å². The zero-order valence-electron chi connectivity index (χ0n) is 16.0. The number of carbonyl (C=O) groups excluding carboxylic acids is 1. The van der Waals surface area contributed by atoms with Crippen molar-refractivity contribution >= 4 is 47.7 Å². The monoisotopic (exact) mass is 449 g/mol. The average molecular weight is 450 g/mol. The Morgan fingerprint density at radius 2 is 1.97 bits per heavy atom. The summed E-state index contributed by atoms with van der Waals surface area (Å²) in [6.45, 7) is 0. The van der Waals surface area contributed by atoms with E-state index in [4.69, 9.17) is 5.73 Å². The van der Waals surface area contributed by atoms with Crippen molar-refractivity contribution in [3.05, 3.63) is 81.3 Å². The summed E-state index contributed by atoms with van der Waals surface area (Å²) in [7, 11) is 0. The number of hydrogen-bond donors (Lipinski definition) is 2. The van der Waals surface area contributed by atoms with Gasteiger partial charge in [-0.3, -0.25) is 4.79 Å². The van der Waals surface area contributed by atoms with Crippen molar-refractivity contribution in [2.45, 2.75) is 38.1 Å². The molecule has 3 aromatic rings. The van der Waals surface area contributed by atoms with Crippen molar-refractivity contribution in [3.63, 3.8) is 0 Å². The molecule has 1 amide bonds. The number of nitrogens with one attached hydrogen (secondary N) is 1. The molecule has 4 nitrogen and oxygen atoms in total. The Bertz CT molecular complexity index is 946. The van der Waals surface area contributed by atoms with Crippen LogP contribution in [0.25, 0.3) is 0 Å². The third-order valence-electron chi connectivity index (χ3n) is 4.96. The van der Waals surface area contributed by atoms with Crippen molar-refractivity contribution in [2.24, 2.45) is 0 Å². The Balaban J connectivity index is 0.00000150. The summed E-state index contributed by atoms with van der Waals surface area (Å²) in [5.41, 5.74) is 11.2. The van der Waals surface area contributed by atoms with Crippen molar-refractivity contribution < 1.29 is 4.79 Å². The lowest BCUT2D eigenvalue weighted by molar-refractivity contribution is -0.121. The van der Waals surface area contributed by atoms with Crippen LogP contribution in [-0.4, -0.2) is 10.9 Å². The van der Waals surface area contributed by atoms with Gasteiger partial charge in [0, 0.05) is 17.5 Å². The van der Waals surface area contributed by atoms with Crippen LogP contribution in [0.3, 0.4) is 0 Å². The largest absolute Gasteiger partial charge is 0.399 e. The van der Waals surface area contributed by atoms with Gasteiger partial charge in [-0.05, 0) is 48.1 Å². The van der Waals surface area contributed by atoms with E-state index < -0.39 is 0 Å². The number of rotatable bonds is 5. The molecule has 154 valence electrons. The van der Waals surface area contributed by atoms with Crippen LogP contribution in [0.4, 0.5) is 5.69 Å². The number of anilines is 1. The molecule has 1 aromatic heterocycles. The van der Waals surface area contributed by atoms with Gasteiger partial charge in [-0.1, -0.05) is 36.4 Å². The zero-order valence-corrected chi connectivity index (χ0v) is 18.4. The average Bonchev–Trinajstić information content (AvgIpc) is 3.09. The van der Waals surface area contributed by atoms with E-state index >= 15 is 0 Å². The Hall–Kier alpha value is -2.08. The molecule has 0 aliphatic heterocycles. The molecule has 29 heavy (non-hydrogen) atoms. The van der Waals surface area contributed by atoms with Gasteiger partial charge in [-0.2, -0.15) is 0 Å². The van der Waals surface area contributed by atoms with Gasteiger partial charge in [0.2, 0.25) is 5.91 Å². The maximum atomic E-state index is 12.6. The molecular formula is C22H25Cl2N3OS. The number of nitrogens with two attached hydrogens (primary N) is 1. The fourth-order valence-corrected chi connectivity index (χ4v) is 4.50. The molecule has 1 unspecified atom stereocenters. The van der Waals surface area contributed by atoms with Gasteiger partial charge in [0.05, 0.1) is 23.2 Å². The number of aryl methyl sites for hydroxylation is 1. The number of nitrogens with zero attached hydrogens (tertiary/aromatic N) is 1. The van der Waals surface area contributed by atoms with Crippen LogP contribution in [0.5, 0.6) is 0 Å². The number of hydrogen-bond acceptors (Lipinski definition) is 4. The zero-order chi connectivity index (χ0) is 18.6. The lowest BCUT2D eigenvalue weighted by Crippen LogP contribution is -2.32. The molecule has 0 spiro atoms. The first-order valence-corrected chi connectivity index (χ1v) is 10.2. The summed E-state index contributed by atoms with van der Waals surface area (Å²) in [6.07, 6.45) is 4.20. The summed E-state index contributed by atoms with van der Waals surface area (Å²) in [4.78, 5) is 17.2. The van der Waals surface area contributed by atoms with Gasteiger partial charge in [-0.25, -0.2) is 4.98 Å². The van der Waals surface area contributed by atoms with Crippen LogP contribution in [0.1, 0.15) is 46.3 Å². The Kier molecular flexibility index (Phi) is 8.50. The Morgan fingerprint density at radius 1 is 1.17 bits per heavy atom. The second-order valence-corrected chi connectivity index (χ2v) is 7.98. The Labute approximate surface area is 187 Å². The molecule has 2 aromatic carbocycles. The molecule has 0 radical (unpaired) electrons. The maximum absolute atomic E-state index is 12.6. The summed E-state index contributed by atoms with van der Waals surface area (Å²) in [5.74, 6) is 0.0289. The number of amides is 1. The highest BCUT2D eigenvalue weighted by Crippen LogP contribution is 2.31. The third-order valence-corrected chi connectivity index (χ3v) is 5.85. The topological polar surface area (TPSA) is 68.0 Å². The first-order valence-electron chi connectivity index (χ1n) is 9.32. The number of aromatic nitrogens is 1. The molecule has 4 rings (SSSR count). The summed E-state index contributed by atoms with van der Waals surface area (Å²) >= 11 is 1.62. The highest BCUT2D eigenvalue weighted by molar-refractivity contribution is 7.09. The molecule has 7 heteroatoms. The number of benzene rings is 2. The van der Waals surface area contributed by atoms with Crippen LogP contribution < -0.4 is 11.1 Å². The van der Waals surface area contributed by atoms with Crippen molar-refractivity contribution in [3.8, 4) is 0 Å². The molecule has 1 aliphatic rings. The number of nitrogen functional groups attached to an aromatic ring is 1.